The van der Waals surface area contributed by atoms with Crippen LogP contribution in [0.5, 0.6) is 0 Å². The number of imidazole rings is 1. The SMILES string of the molecule is CC(C)OC(=O)OCOP(COCCn1cnc2c(=O)[nH]c(N)nc21)OCc1ccccc1. The quantitative estimate of drug-likeness (QED) is 0.172. The number of hydrogen-bond donors (Lipinski definition) is 2. The molecule has 2 heterocycles. The first-order chi connectivity index (χ1) is 15.9. The second-order valence-electron chi connectivity index (χ2n) is 7.00. The molecular formula is C20H26N5O7P. The van der Waals surface area contributed by atoms with Gasteiger partial charge in [0.15, 0.2) is 11.2 Å². The van der Waals surface area contributed by atoms with Crippen molar-refractivity contribution in [2.24, 2.45) is 0 Å². The summed E-state index contributed by atoms with van der Waals surface area (Å²) in [6.07, 6.45) is 0.511. The van der Waals surface area contributed by atoms with Crippen LogP contribution in [0.2, 0.25) is 0 Å². The molecule has 0 aliphatic heterocycles. The molecule has 0 radical (unpaired) electrons. The van der Waals surface area contributed by atoms with E-state index in [1.165, 1.54) is 6.33 Å². The number of fused-ring (bicyclic) bond motifs is 1. The van der Waals surface area contributed by atoms with Gasteiger partial charge in [-0.2, -0.15) is 4.98 Å². The van der Waals surface area contributed by atoms with Crippen molar-refractivity contribution in [2.75, 3.05) is 25.5 Å². The molecule has 178 valence electrons. The zero-order valence-electron chi connectivity index (χ0n) is 18.3. The fourth-order valence-electron chi connectivity index (χ4n) is 2.63. The summed E-state index contributed by atoms with van der Waals surface area (Å²) in [5.74, 6) is 0.0115. The van der Waals surface area contributed by atoms with Crippen LogP contribution in [0, 0.1) is 0 Å². The normalized spacial score (nSPS) is 12.2. The average molecular weight is 479 g/mol. The number of aromatic nitrogens is 4. The number of carbonyl (C=O) groups is 1. The molecule has 3 rings (SSSR count). The van der Waals surface area contributed by atoms with Crippen molar-refractivity contribution in [1.82, 2.24) is 19.5 Å². The van der Waals surface area contributed by atoms with Crippen LogP contribution in [0.25, 0.3) is 11.2 Å². The van der Waals surface area contributed by atoms with Crippen LogP contribution in [0.15, 0.2) is 41.5 Å². The summed E-state index contributed by atoms with van der Waals surface area (Å²) in [4.78, 5) is 34.0. The second kappa shape index (κ2) is 12.3. The Labute approximate surface area is 190 Å². The molecule has 3 N–H and O–H groups in total. The maximum Gasteiger partial charge on any atom is 0.510 e. The first-order valence-electron chi connectivity index (χ1n) is 10.1. The number of H-pyrrole nitrogens is 1. The highest BCUT2D eigenvalue weighted by atomic mass is 31.2. The lowest BCUT2D eigenvalue weighted by Crippen LogP contribution is -2.15. The predicted octanol–water partition coefficient (Wildman–Crippen LogP) is 2.74. The van der Waals surface area contributed by atoms with Gasteiger partial charge in [-0.15, -0.1) is 0 Å². The van der Waals surface area contributed by atoms with Gasteiger partial charge in [0.1, 0.15) is 6.35 Å². The molecule has 2 aromatic heterocycles. The third-order valence-electron chi connectivity index (χ3n) is 4.09. The Morgan fingerprint density at radius 2 is 2.03 bits per heavy atom. The van der Waals surface area contributed by atoms with Crippen molar-refractivity contribution in [1.29, 1.82) is 0 Å². The Bertz CT molecular complexity index is 1090. The van der Waals surface area contributed by atoms with Gasteiger partial charge in [0, 0.05) is 6.54 Å². The molecule has 0 saturated carbocycles. The second-order valence-corrected chi connectivity index (χ2v) is 8.44. The number of benzene rings is 1. The monoisotopic (exact) mass is 479 g/mol. The minimum absolute atomic E-state index is 0.0115. The van der Waals surface area contributed by atoms with E-state index in [9.17, 15) is 9.59 Å². The zero-order valence-corrected chi connectivity index (χ0v) is 19.2. The average Bonchev–Trinajstić information content (AvgIpc) is 3.17. The maximum atomic E-state index is 11.9. The van der Waals surface area contributed by atoms with Gasteiger partial charge in [-0.3, -0.25) is 14.3 Å². The Balaban J connectivity index is 1.50. The number of carbonyl (C=O) groups excluding carboxylic acids is 1. The minimum Gasteiger partial charge on any atom is -0.432 e. The minimum atomic E-state index is -1.52. The van der Waals surface area contributed by atoms with Gasteiger partial charge in [-0.25, -0.2) is 9.78 Å². The van der Waals surface area contributed by atoms with Crippen LogP contribution in [0.4, 0.5) is 10.7 Å². The van der Waals surface area contributed by atoms with Gasteiger partial charge < -0.3 is 29.0 Å². The number of rotatable bonds is 12. The third-order valence-corrected chi connectivity index (χ3v) is 5.29. The number of anilines is 1. The molecule has 3 aromatic rings. The fourth-order valence-corrected chi connectivity index (χ4v) is 3.59. The molecule has 12 nitrogen and oxygen atoms in total. The Morgan fingerprint density at radius 1 is 1.24 bits per heavy atom. The van der Waals surface area contributed by atoms with Crippen molar-refractivity contribution in [2.45, 2.75) is 33.1 Å². The molecule has 0 bridgehead atoms. The molecule has 0 saturated heterocycles. The van der Waals surface area contributed by atoms with Gasteiger partial charge in [0.2, 0.25) is 21.1 Å². The number of nitrogens with one attached hydrogen (secondary N) is 1. The van der Waals surface area contributed by atoms with E-state index in [1.807, 2.05) is 30.3 Å². The van der Waals surface area contributed by atoms with Crippen LogP contribution < -0.4 is 11.3 Å². The summed E-state index contributed by atoms with van der Waals surface area (Å²) in [5, 5.41) is 0. The van der Waals surface area contributed by atoms with E-state index >= 15 is 0 Å². The number of nitrogens with zero attached hydrogens (tertiary/aromatic N) is 3. The van der Waals surface area contributed by atoms with Crippen LogP contribution in [-0.4, -0.2) is 51.5 Å². The van der Waals surface area contributed by atoms with E-state index in [0.717, 1.165) is 5.56 Å². The van der Waals surface area contributed by atoms with Crippen molar-refractivity contribution >= 4 is 31.6 Å². The number of hydrogen-bond acceptors (Lipinski definition) is 10. The van der Waals surface area contributed by atoms with E-state index in [1.54, 1.807) is 18.4 Å². The number of aromatic amines is 1. The van der Waals surface area contributed by atoms with Gasteiger partial charge in [0.25, 0.3) is 5.56 Å². The summed E-state index contributed by atoms with van der Waals surface area (Å²) in [6, 6.07) is 9.58. The summed E-state index contributed by atoms with van der Waals surface area (Å²) >= 11 is 0. The molecular weight excluding hydrogens is 453 g/mol. The molecule has 0 amide bonds. The van der Waals surface area contributed by atoms with Crippen molar-refractivity contribution in [3.8, 4) is 0 Å². The molecule has 1 atom stereocenters. The highest BCUT2D eigenvalue weighted by molar-refractivity contribution is 7.46. The fraction of sp³-hybridized carbons (Fsp3) is 0.400. The molecule has 0 aliphatic rings. The Kier molecular flexibility index (Phi) is 9.14. The lowest BCUT2D eigenvalue weighted by atomic mass is 10.2. The van der Waals surface area contributed by atoms with Gasteiger partial charge in [-0.05, 0) is 19.4 Å². The van der Waals surface area contributed by atoms with E-state index in [2.05, 4.69) is 15.0 Å². The first-order valence-corrected chi connectivity index (χ1v) is 11.5. The number of nitrogens with two attached hydrogens (primary N) is 1. The Morgan fingerprint density at radius 3 is 2.79 bits per heavy atom. The highest BCUT2D eigenvalue weighted by Gasteiger charge is 2.15. The van der Waals surface area contributed by atoms with Gasteiger partial charge in [0.05, 0.1) is 25.6 Å². The number of ether oxygens (including phenoxy) is 3. The van der Waals surface area contributed by atoms with Crippen LogP contribution in [-0.2, 0) is 36.4 Å². The molecule has 1 unspecified atom stereocenters. The van der Waals surface area contributed by atoms with Crippen LogP contribution in [0.1, 0.15) is 19.4 Å². The lowest BCUT2D eigenvalue weighted by Gasteiger charge is -2.18. The van der Waals surface area contributed by atoms with E-state index in [-0.39, 0.29) is 37.3 Å². The summed E-state index contributed by atoms with van der Waals surface area (Å²) in [6.45, 7) is 4.07. The summed E-state index contributed by atoms with van der Waals surface area (Å²) in [5.41, 5.74) is 6.74. The Hall–Kier alpha value is -3.05. The van der Waals surface area contributed by atoms with Crippen LogP contribution >= 0.6 is 8.38 Å². The summed E-state index contributed by atoms with van der Waals surface area (Å²) in [7, 11) is -1.52. The highest BCUT2D eigenvalue weighted by Crippen LogP contribution is 2.39. The topological polar surface area (TPSA) is 153 Å². The predicted molar refractivity (Wildman–Crippen MR) is 120 cm³/mol. The smallest absolute Gasteiger partial charge is 0.432 e. The van der Waals surface area contributed by atoms with Crippen molar-refractivity contribution in [3.05, 3.63) is 52.6 Å². The molecule has 0 spiro atoms. The van der Waals surface area contributed by atoms with Crippen molar-refractivity contribution < 1.29 is 28.1 Å². The number of nitrogen functional groups attached to an aromatic ring is 1. The standard InChI is InChI=1S/C20H26N5O7P/c1-14(2)32-20(27)29-12-31-33(30-10-15-6-4-3-5-7-15)13-28-9-8-25-11-22-16-17(25)23-19(21)24-18(16)26/h3-7,11,14H,8-10,12-13H2,1-2H3,(H3,21,23,24,26). The van der Waals surface area contributed by atoms with Gasteiger partial charge in [-0.1, -0.05) is 30.3 Å². The molecule has 33 heavy (non-hydrogen) atoms. The third kappa shape index (κ3) is 7.79. The van der Waals surface area contributed by atoms with Gasteiger partial charge >= 0.3 is 6.16 Å². The largest absolute Gasteiger partial charge is 0.510 e. The van der Waals surface area contributed by atoms with Crippen LogP contribution in [0.3, 0.4) is 0 Å². The first kappa shape index (κ1) is 24.6. The lowest BCUT2D eigenvalue weighted by molar-refractivity contribution is -0.0113. The molecule has 0 fully saturated rings. The molecule has 1 aromatic carbocycles. The summed E-state index contributed by atoms with van der Waals surface area (Å²) < 4.78 is 28.5. The molecule has 13 heteroatoms. The maximum absolute atomic E-state index is 11.9. The van der Waals surface area contributed by atoms with E-state index in [4.69, 9.17) is 29.0 Å². The van der Waals surface area contributed by atoms with E-state index in [0.29, 0.717) is 18.8 Å². The molecule has 0 aliphatic carbocycles. The van der Waals surface area contributed by atoms with E-state index < -0.39 is 20.1 Å². The van der Waals surface area contributed by atoms with Crippen molar-refractivity contribution in [3.63, 3.8) is 0 Å². The zero-order chi connectivity index (χ0) is 23.6.